The molecule has 1 atom stereocenters. The number of fused-ring (bicyclic) bond motifs is 1. The lowest BCUT2D eigenvalue weighted by Gasteiger charge is -2.35. The SMILES string of the molecule is CC(=O)N1CCN(c2cc(C(=O)NCC(O)CN3CCc4ccccc4C3)cc(NC3CCC3)n2)CC1. The van der Waals surface area contributed by atoms with E-state index in [2.05, 4.69) is 44.7 Å². The van der Waals surface area contributed by atoms with Crippen LogP contribution in [0.15, 0.2) is 36.4 Å². The van der Waals surface area contributed by atoms with Crippen molar-refractivity contribution in [3.63, 3.8) is 0 Å². The number of carbonyl (C=O) groups is 2. The molecule has 1 unspecified atom stereocenters. The zero-order valence-electron chi connectivity index (χ0n) is 21.7. The van der Waals surface area contributed by atoms with E-state index in [1.165, 1.54) is 17.5 Å². The largest absolute Gasteiger partial charge is 0.390 e. The molecule has 2 aromatic rings. The number of rotatable bonds is 8. The van der Waals surface area contributed by atoms with E-state index < -0.39 is 6.10 Å². The van der Waals surface area contributed by atoms with Gasteiger partial charge in [0.15, 0.2) is 0 Å². The lowest BCUT2D eigenvalue weighted by atomic mass is 9.93. The highest BCUT2D eigenvalue weighted by atomic mass is 16.3. The predicted molar refractivity (Wildman–Crippen MR) is 144 cm³/mol. The molecule has 1 saturated heterocycles. The maximum absolute atomic E-state index is 13.1. The Balaban J connectivity index is 1.20. The first-order chi connectivity index (χ1) is 17.9. The Labute approximate surface area is 218 Å². The number of carbonyl (C=O) groups excluding carboxylic acids is 2. The summed E-state index contributed by atoms with van der Waals surface area (Å²) in [5.41, 5.74) is 3.22. The van der Waals surface area contributed by atoms with E-state index >= 15 is 0 Å². The highest BCUT2D eigenvalue weighted by Crippen LogP contribution is 2.26. The molecule has 37 heavy (non-hydrogen) atoms. The van der Waals surface area contributed by atoms with E-state index in [1.807, 2.05) is 11.0 Å². The van der Waals surface area contributed by atoms with Crippen molar-refractivity contribution in [2.75, 3.05) is 56.0 Å². The van der Waals surface area contributed by atoms with Crippen molar-refractivity contribution >= 4 is 23.5 Å². The van der Waals surface area contributed by atoms with Crippen molar-refractivity contribution in [2.24, 2.45) is 0 Å². The molecule has 3 aliphatic rings. The first kappa shape index (κ1) is 25.5. The van der Waals surface area contributed by atoms with Gasteiger partial charge in [-0.25, -0.2) is 4.98 Å². The van der Waals surface area contributed by atoms with Crippen molar-refractivity contribution in [1.29, 1.82) is 0 Å². The summed E-state index contributed by atoms with van der Waals surface area (Å²) in [6, 6.07) is 12.5. The maximum atomic E-state index is 13.1. The molecule has 3 N–H and O–H groups in total. The van der Waals surface area contributed by atoms with Crippen molar-refractivity contribution in [3.8, 4) is 0 Å². The molecule has 3 heterocycles. The number of aliphatic hydroxyl groups excluding tert-OH is 1. The second kappa shape index (κ2) is 11.5. The van der Waals surface area contributed by atoms with Crippen LogP contribution in [0.5, 0.6) is 0 Å². The molecule has 2 amide bonds. The van der Waals surface area contributed by atoms with Gasteiger partial charge in [0, 0.05) is 70.9 Å². The summed E-state index contributed by atoms with van der Waals surface area (Å²) in [5, 5.41) is 17.1. The van der Waals surface area contributed by atoms with Crippen molar-refractivity contribution < 1.29 is 14.7 Å². The molecule has 198 valence electrons. The van der Waals surface area contributed by atoms with Crippen LogP contribution in [0.4, 0.5) is 11.6 Å². The monoisotopic (exact) mass is 506 g/mol. The topological polar surface area (TPSA) is 101 Å². The third kappa shape index (κ3) is 6.40. The lowest BCUT2D eigenvalue weighted by molar-refractivity contribution is -0.129. The van der Waals surface area contributed by atoms with Gasteiger partial charge in [-0.2, -0.15) is 0 Å². The van der Waals surface area contributed by atoms with E-state index in [0.29, 0.717) is 50.1 Å². The van der Waals surface area contributed by atoms with Crippen molar-refractivity contribution in [3.05, 3.63) is 53.1 Å². The number of β-amino-alcohol motifs (C(OH)–C–C–N with tert-alkyl or cyclic N) is 1. The second-order valence-electron chi connectivity index (χ2n) is 10.5. The molecule has 1 aromatic heterocycles. The normalized spacial score (nSPS) is 19.1. The number of nitrogens with one attached hydrogen (secondary N) is 2. The summed E-state index contributed by atoms with van der Waals surface area (Å²) >= 11 is 0. The van der Waals surface area contributed by atoms with E-state index in [1.54, 1.807) is 13.0 Å². The molecule has 0 radical (unpaired) electrons. The van der Waals surface area contributed by atoms with Gasteiger partial charge < -0.3 is 25.5 Å². The zero-order valence-corrected chi connectivity index (χ0v) is 21.7. The Kier molecular flexibility index (Phi) is 7.90. The average Bonchev–Trinajstić information content (AvgIpc) is 2.89. The Bertz CT molecular complexity index is 1110. The molecule has 1 aliphatic carbocycles. The highest BCUT2D eigenvalue weighted by molar-refractivity contribution is 5.95. The van der Waals surface area contributed by atoms with Crippen LogP contribution in [0.3, 0.4) is 0 Å². The van der Waals surface area contributed by atoms with Gasteiger partial charge in [0.05, 0.1) is 6.10 Å². The molecule has 0 spiro atoms. The van der Waals surface area contributed by atoms with Gasteiger partial charge in [0.25, 0.3) is 5.91 Å². The smallest absolute Gasteiger partial charge is 0.251 e. The lowest BCUT2D eigenvalue weighted by Crippen LogP contribution is -2.48. The van der Waals surface area contributed by atoms with Crippen molar-refractivity contribution in [1.82, 2.24) is 20.1 Å². The first-order valence-corrected chi connectivity index (χ1v) is 13.5. The molecule has 2 fully saturated rings. The van der Waals surface area contributed by atoms with Gasteiger partial charge in [-0.05, 0) is 48.9 Å². The average molecular weight is 507 g/mol. The van der Waals surface area contributed by atoms with Crippen LogP contribution in [0.1, 0.15) is 47.7 Å². The minimum atomic E-state index is -0.650. The molecular weight excluding hydrogens is 468 g/mol. The van der Waals surface area contributed by atoms with E-state index in [4.69, 9.17) is 4.98 Å². The number of hydrogen-bond donors (Lipinski definition) is 3. The van der Waals surface area contributed by atoms with Crippen molar-refractivity contribution in [2.45, 2.75) is 51.3 Å². The number of anilines is 2. The molecule has 0 bridgehead atoms. The summed E-state index contributed by atoms with van der Waals surface area (Å²) in [5.74, 6) is 1.31. The summed E-state index contributed by atoms with van der Waals surface area (Å²) < 4.78 is 0. The number of pyridine rings is 1. The van der Waals surface area contributed by atoms with Crippen LogP contribution in [0, 0.1) is 0 Å². The Morgan fingerprint density at radius 2 is 1.84 bits per heavy atom. The molecule has 9 nitrogen and oxygen atoms in total. The van der Waals surface area contributed by atoms with Gasteiger partial charge in [0.2, 0.25) is 5.91 Å². The summed E-state index contributed by atoms with van der Waals surface area (Å²) in [4.78, 5) is 35.9. The van der Waals surface area contributed by atoms with Crippen LogP contribution in [0.2, 0.25) is 0 Å². The first-order valence-electron chi connectivity index (χ1n) is 13.5. The Hall–Kier alpha value is -3.17. The van der Waals surface area contributed by atoms with E-state index in [9.17, 15) is 14.7 Å². The number of piperazine rings is 1. The fourth-order valence-corrected chi connectivity index (χ4v) is 5.28. The van der Waals surface area contributed by atoms with Crippen LogP contribution in [-0.2, 0) is 17.8 Å². The number of hydrogen-bond acceptors (Lipinski definition) is 7. The van der Waals surface area contributed by atoms with Gasteiger partial charge >= 0.3 is 0 Å². The number of benzene rings is 1. The van der Waals surface area contributed by atoms with Gasteiger partial charge in [0.1, 0.15) is 11.6 Å². The minimum absolute atomic E-state index is 0.0837. The van der Waals surface area contributed by atoms with E-state index in [-0.39, 0.29) is 18.4 Å². The second-order valence-corrected chi connectivity index (χ2v) is 10.5. The van der Waals surface area contributed by atoms with Crippen LogP contribution < -0.4 is 15.5 Å². The fourth-order valence-electron chi connectivity index (χ4n) is 5.28. The third-order valence-electron chi connectivity index (χ3n) is 7.76. The van der Waals surface area contributed by atoms with Gasteiger partial charge in [-0.15, -0.1) is 0 Å². The summed E-state index contributed by atoms with van der Waals surface area (Å²) in [6.45, 7) is 6.68. The summed E-state index contributed by atoms with van der Waals surface area (Å²) in [6.07, 6.45) is 3.75. The molecule has 1 saturated carbocycles. The molecule has 2 aliphatic heterocycles. The molecule has 1 aromatic carbocycles. The number of amides is 2. The molecule has 5 rings (SSSR count). The van der Waals surface area contributed by atoms with Gasteiger partial charge in [-0.3, -0.25) is 14.5 Å². The number of nitrogens with zero attached hydrogens (tertiary/aromatic N) is 4. The van der Waals surface area contributed by atoms with Gasteiger partial charge in [-0.1, -0.05) is 24.3 Å². The van der Waals surface area contributed by atoms with Crippen LogP contribution in [-0.4, -0.2) is 89.7 Å². The zero-order chi connectivity index (χ0) is 25.8. The highest BCUT2D eigenvalue weighted by Gasteiger charge is 2.24. The fraction of sp³-hybridized carbons (Fsp3) is 0.536. The Morgan fingerprint density at radius 3 is 2.54 bits per heavy atom. The summed E-state index contributed by atoms with van der Waals surface area (Å²) in [7, 11) is 0. The number of aromatic nitrogens is 1. The minimum Gasteiger partial charge on any atom is -0.390 e. The quantitative estimate of drug-likeness (QED) is 0.503. The third-order valence-corrected chi connectivity index (χ3v) is 7.76. The Morgan fingerprint density at radius 1 is 1.08 bits per heavy atom. The number of aliphatic hydroxyl groups is 1. The van der Waals surface area contributed by atoms with Crippen LogP contribution >= 0.6 is 0 Å². The maximum Gasteiger partial charge on any atom is 0.251 e. The van der Waals surface area contributed by atoms with E-state index in [0.717, 1.165) is 38.2 Å². The van der Waals surface area contributed by atoms with Crippen LogP contribution in [0.25, 0.3) is 0 Å². The molecule has 9 heteroatoms. The predicted octanol–water partition coefficient (Wildman–Crippen LogP) is 1.86. The standard InChI is InChI=1S/C28H38N6O3/c1-20(35)33-11-13-34(14-12-33)27-16-23(15-26(31-27)30-24-7-4-8-24)28(37)29-17-25(36)19-32-10-9-21-5-2-3-6-22(21)18-32/h2-3,5-6,15-16,24-25,36H,4,7-14,17-19H2,1H3,(H,29,37)(H,30,31). The molecular formula is C28H38N6O3.